The molecule has 0 spiro atoms. The molecule has 0 aliphatic heterocycles. The van der Waals surface area contributed by atoms with Gasteiger partial charge in [0.15, 0.2) is 0 Å². The number of hydrogen-bond acceptors (Lipinski definition) is 5. The maximum atomic E-state index is 13.2. The Hall–Kier alpha value is -2.41. The van der Waals surface area contributed by atoms with Crippen molar-refractivity contribution in [3.05, 3.63) is 35.5 Å². The summed E-state index contributed by atoms with van der Waals surface area (Å²) in [5.41, 5.74) is 3.03. The first-order chi connectivity index (χ1) is 28.1. The highest BCUT2D eigenvalue weighted by molar-refractivity contribution is 5.88. The second-order valence-electron chi connectivity index (χ2n) is 17.8. The highest BCUT2D eigenvalue weighted by Gasteiger charge is 2.32. The van der Waals surface area contributed by atoms with Gasteiger partial charge in [-0.05, 0) is 76.5 Å². The van der Waals surface area contributed by atoms with Gasteiger partial charge in [-0.1, -0.05) is 193 Å². The number of carbonyl (C=O) groups excluding carboxylic acids is 1. The number of hydrogen-bond donors (Lipinski definition) is 2. The van der Waals surface area contributed by atoms with Gasteiger partial charge < -0.3 is 19.7 Å². The van der Waals surface area contributed by atoms with E-state index >= 15 is 0 Å². The van der Waals surface area contributed by atoms with Crippen molar-refractivity contribution in [1.82, 2.24) is 0 Å². The predicted octanol–water partition coefficient (Wildman–Crippen LogP) is 14.9. The van der Waals surface area contributed by atoms with Crippen LogP contribution >= 0.6 is 0 Å². The van der Waals surface area contributed by atoms with E-state index in [-0.39, 0.29) is 11.5 Å². The smallest absolute Gasteiger partial charge is 0.333 e. The zero-order chi connectivity index (χ0) is 42.6. The largest absolute Gasteiger partial charge is 0.478 e. The minimum atomic E-state index is -0.935. The summed E-state index contributed by atoms with van der Waals surface area (Å²) in [7, 11) is 0. The quantitative estimate of drug-likeness (QED) is 0.0907. The molecule has 58 heavy (non-hydrogen) atoms. The van der Waals surface area contributed by atoms with Crippen LogP contribution in [0.25, 0.3) is 0 Å². The molecular weight excluding hydrogens is 725 g/mol. The van der Waals surface area contributed by atoms with E-state index in [1.807, 2.05) is 0 Å². The molecule has 3 fully saturated rings. The van der Waals surface area contributed by atoms with Gasteiger partial charge in [0.2, 0.25) is 0 Å². The van der Waals surface area contributed by atoms with Gasteiger partial charge in [0.25, 0.3) is 0 Å². The molecule has 0 aromatic heterocycles. The molecule has 0 radical (unpaired) electrons. The van der Waals surface area contributed by atoms with Gasteiger partial charge in [-0.25, -0.2) is 14.4 Å². The first kappa shape index (κ1) is 53.6. The molecule has 0 aromatic carbocycles. The third-order valence-electron chi connectivity index (χ3n) is 12.5. The Labute approximate surface area is 356 Å². The normalized spacial score (nSPS) is 18.7. The summed E-state index contributed by atoms with van der Waals surface area (Å²) in [4.78, 5) is 33.8. The summed E-state index contributed by atoms with van der Waals surface area (Å²) in [6.07, 6.45) is 42.8. The number of carboxylic acid groups (broad SMARTS) is 2. The van der Waals surface area contributed by atoms with E-state index in [1.165, 1.54) is 205 Å². The Morgan fingerprint density at radius 1 is 0.466 bits per heavy atom. The molecule has 0 amide bonds. The first-order valence-electron chi connectivity index (χ1n) is 24.4. The third-order valence-corrected chi connectivity index (χ3v) is 12.5. The van der Waals surface area contributed by atoms with E-state index < -0.39 is 11.9 Å². The van der Waals surface area contributed by atoms with Crippen LogP contribution in [-0.4, -0.2) is 47.9 Å². The fourth-order valence-electron chi connectivity index (χ4n) is 9.05. The molecule has 336 valence electrons. The molecular formula is C51H90O7. The number of unbranched alkanes of at least 4 members (excludes halogenated alkanes) is 5. The Bertz CT molecular complexity index is 1070. The summed E-state index contributed by atoms with van der Waals surface area (Å²) < 4.78 is 10.3. The number of ether oxygens (including phenoxy) is 2. The fraction of sp³-hybridized carbons (Fsp3) is 0.824. The van der Waals surface area contributed by atoms with Gasteiger partial charge in [0, 0.05) is 23.3 Å². The average Bonchev–Trinajstić information content (AvgIpc) is 3.21. The monoisotopic (exact) mass is 815 g/mol. The molecule has 3 saturated carbocycles. The highest BCUT2D eigenvalue weighted by atomic mass is 16.6. The molecule has 2 N–H and O–H groups in total. The van der Waals surface area contributed by atoms with Crippen molar-refractivity contribution in [2.24, 2.45) is 17.8 Å². The van der Waals surface area contributed by atoms with Crippen LogP contribution in [0.4, 0.5) is 0 Å². The predicted molar refractivity (Wildman–Crippen MR) is 242 cm³/mol. The van der Waals surface area contributed by atoms with Crippen LogP contribution in [0.3, 0.4) is 0 Å². The van der Waals surface area contributed by atoms with E-state index in [1.54, 1.807) is 6.92 Å². The second kappa shape index (κ2) is 36.4. The Morgan fingerprint density at radius 2 is 0.810 bits per heavy atom. The molecule has 7 heteroatoms. The van der Waals surface area contributed by atoms with Crippen LogP contribution in [0.5, 0.6) is 0 Å². The molecule has 0 aromatic rings. The van der Waals surface area contributed by atoms with Crippen LogP contribution in [0.15, 0.2) is 35.5 Å². The zero-order valence-electron chi connectivity index (χ0n) is 38.0. The van der Waals surface area contributed by atoms with Crippen LogP contribution in [0, 0.1) is 17.8 Å². The van der Waals surface area contributed by atoms with Crippen molar-refractivity contribution < 1.29 is 34.1 Å². The topological polar surface area (TPSA) is 110 Å². The lowest BCUT2D eigenvalue weighted by Gasteiger charge is -2.34. The first-order valence-corrected chi connectivity index (χ1v) is 24.4. The number of esters is 1. The minimum absolute atomic E-state index is 0.176. The highest BCUT2D eigenvalue weighted by Crippen LogP contribution is 2.42. The van der Waals surface area contributed by atoms with Gasteiger partial charge in [0.1, 0.15) is 6.61 Å². The zero-order valence-corrected chi connectivity index (χ0v) is 38.0. The number of carbonyl (C=O) groups is 3. The standard InChI is InChI=1S/C33H58O2.C14H26O3.C4H6O2/c34-33(35)32(30-26-20-14-8-3-9-15-21-27-30)31(28-22-16-10-4-1-5-11-17-23-28)29-24-18-12-6-2-7-13-19-25-29;1-4-5-6-7-8-9-10-16-11-12-17-14(15)13(2)3;1-3(2)4(5)6/h28-30H,1-27H2,(H,34,35);2,4-12H2,1,3H3;1H2,2H3,(H,5,6). The third kappa shape index (κ3) is 27.4. The fourth-order valence-corrected chi connectivity index (χ4v) is 9.05. The van der Waals surface area contributed by atoms with Crippen molar-refractivity contribution >= 4 is 17.9 Å². The molecule has 0 saturated heterocycles. The van der Waals surface area contributed by atoms with Crippen LogP contribution < -0.4 is 0 Å². The van der Waals surface area contributed by atoms with Crippen LogP contribution in [0.2, 0.25) is 0 Å². The molecule has 0 heterocycles. The molecule has 0 bridgehead atoms. The van der Waals surface area contributed by atoms with Crippen LogP contribution in [0.1, 0.15) is 233 Å². The van der Waals surface area contributed by atoms with E-state index in [4.69, 9.17) is 14.6 Å². The Kier molecular flexibility index (Phi) is 33.7. The molecule has 3 aliphatic carbocycles. The summed E-state index contributed by atoms with van der Waals surface area (Å²) in [5.74, 6) is -0.462. The Balaban J connectivity index is 0.000000608. The molecule has 3 rings (SSSR count). The number of allylic oxidation sites excluding steroid dienone is 1. The number of aliphatic carboxylic acids is 2. The SMILES string of the molecule is C=C(C)C(=O)O.C=C(C)C(=O)OCCOCCCCCCCC.O=C(O)C(=C(C1CCCCCCCCC1)C1CCCCCCCCC1)C1CCCCCCCCC1. The van der Waals surface area contributed by atoms with E-state index in [9.17, 15) is 19.5 Å². The maximum absolute atomic E-state index is 13.2. The maximum Gasteiger partial charge on any atom is 0.333 e. The molecule has 0 atom stereocenters. The van der Waals surface area contributed by atoms with Gasteiger partial charge in [-0.15, -0.1) is 0 Å². The molecule has 0 unspecified atom stereocenters. The van der Waals surface area contributed by atoms with Crippen LogP contribution in [-0.2, 0) is 23.9 Å². The number of carboxylic acids is 2. The van der Waals surface area contributed by atoms with Crippen molar-refractivity contribution in [3.8, 4) is 0 Å². The molecule has 3 aliphatic rings. The van der Waals surface area contributed by atoms with Crippen molar-refractivity contribution in [3.63, 3.8) is 0 Å². The van der Waals surface area contributed by atoms with E-state index in [0.29, 0.717) is 36.5 Å². The van der Waals surface area contributed by atoms with Gasteiger partial charge in [-0.3, -0.25) is 0 Å². The van der Waals surface area contributed by atoms with Crippen molar-refractivity contribution in [1.29, 1.82) is 0 Å². The number of rotatable bonds is 16. The lowest BCUT2D eigenvalue weighted by atomic mass is 9.71. The lowest BCUT2D eigenvalue weighted by molar-refractivity contribution is -0.140. The second-order valence-corrected chi connectivity index (χ2v) is 17.8. The average molecular weight is 815 g/mol. The minimum Gasteiger partial charge on any atom is -0.478 e. The van der Waals surface area contributed by atoms with Crippen molar-refractivity contribution in [2.45, 2.75) is 233 Å². The van der Waals surface area contributed by atoms with Gasteiger partial charge in [0.05, 0.1) is 6.61 Å². The summed E-state index contributed by atoms with van der Waals surface area (Å²) >= 11 is 0. The summed E-state index contributed by atoms with van der Waals surface area (Å²) in [6, 6.07) is 0. The van der Waals surface area contributed by atoms with Gasteiger partial charge >= 0.3 is 17.9 Å². The Morgan fingerprint density at radius 3 is 1.16 bits per heavy atom. The van der Waals surface area contributed by atoms with Crippen molar-refractivity contribution in [2.75, 3.05) is 19.8 Å². The molecule has 7 nitrogen and oxygen atoms in total. The van der Waals surface area contributed by atoms with Gasteiger partial charge in [-0.2, -0.15) is 0 Å². The summed E-state index contributed by atoms with van der Waals surface area (Å²) in [5, 5.41) is 18.7. The summed E-state index contributed by atoms with van der Waals surface area (Å²) in [6.45, 7) is 13.5. The van der Waals surface area contributed by atoms with E-state index in [0.717, 1.165) is 31.4 Å². The van der Waals surface area contributed by atoms with E-state index in [2.05, 4.69) is 20.1 Å². The lowest BCUT2D eigenvalue weighted by Crippen LogP contribution is -2.25.